The molecule has 5 heteroatoms. The predicted octanol–water partition coefficient (Wildman–Crippen LogP) is 3.35. The van der Waals surface area contributed by atoms with Gasteiger partial charge in [-0.3, -0.25) is 4.79 Å². The highest BCUT2D eigenvalue weighted by Crippen LogP contribution is 2.42. The van der Waals surface area contributed by atoms with Crippen molar-refractivity contribution in [3.05, 3.63) is 59.2 Å². The van der Waals surface area contributed by atoms with Gasteiger partial charge in [0.2, 0.25) is 0 Å². The molecule has 0 amide bonds. The Morgan fingerprint density at radius 2 is 1.91 bits per heavy atom. The van der Waals surface area contributed by atoms with Crippen LogP contribution in [-0.4, -0.2) is 24.0 Å². The Kier molecular flexibility index (Phi) is 3.78. The first kappa shape index (κ1) is 15.1. The van der Waals surface area contributed by atoms with E-state index in [9.17, 15) is 14.7 Å². The summed E-state index contributed by atoms with van der Waals surface area (Å²) in [4.78, 5) is 24.2. The van der Waals surface area contributed by atoms with Gasteiger partial charge in [0.25, 0.3) is 0 Å². The number of Topliss-reactive ketones (excluding diaryl/α,β-unsaturated/α-hetero) is 1. The van der Waals surface area contributed by atoms with Crippen LogP contribution in [0.3, 0.4) is 0 Å². The van der Waals surface area contributed by atoms with Gasteiger partial charge in [-0.1, -0.05) is 37.3 Å². The maximum Gasteiger partial charge on any atom is 0.339 e. The number of rotatable bonds is 3. The van der Waals surface area contributed by atoms with E-state index in [0.29, 0.717) is 5.75 Å². The van der Waals surface area contributed by atoms with Crippen LogP contribution in [0.1, 0.15) is 39.3 Å². The molecule has 2 aromatic rings. The fourth-order valence-corrected chi connectivity index (χ4v) is 2.80. The van der Waals surface area contributed by atoms with Crippen LogP contribution in [-0.2, 0) is 0 Å². The number of hydrogen-bond acceptors (Lipinski definition) is 4. The summed E-state index contributed by atoms with van der Waals surface area (Å²) >= 11 is 0. The van der Waals surface area contributed by atoms with Crippen LogP contribution < -0.4 is 9.47 Å². The maximum atomic E-state index is 12.7. The van der Waals surface area contributed by atoms with Gasteiger partial charge in [-0.05, 0) is 17.7 Å². The lowest BCUT2D eigenvalue weighted by molar-refractivity contribution is 0.0642. The quantitative estimate of drug-likeness (QED) is 0.941. The first-order chi connectivity index (χ1) is 11.0. The van der Waals surface area contributed by atoms with Crippen LogP contribution in [0.2, 0.25) is 0 Å². The monoisotopic (exact) mass is 312 g/mol. The lowest BCUT2D eigenvalue weighted by Gasteiger charge is -2.31. The third-order valence-corrected chi connectivity index (χ3v) is 4.03. The smallest absolute Gasteiger partial charge is 0.339 e. The number of ether oxygens (including phenoxy) is 2. The summed E-state index contributed by atoms with van der Waals surface area (Å²) in [6.07, 6.45) is -0.511. The number of carbonyl (C=O) groups excluding carboxylic acids is 1. The summed E-state index contributed by atoms with van der Waals surface area (Å²) < 4.78 is 11.0. The van der Waals surface area contributed by atoms with Crippen molar-refractivity contribution in [1.82, 2.24) is 0 Å². The normalized spacial score (nSPS) is 19.7. The fourth-order valence-electron chi connectivity index (χ4n) is 2.80. The minimum atomic E-state index is -1.16. The number of carboxylic acids is 1. The molecule has 3 rings (SSSR count). The van der Waals surface area contributed by atoms with Crippen molar-refractivity contribution in [2.45, 2.75) is 13.0 Å². The van der Waals surface area contributed by atoms with E-state index in [2.05, 4.69) is 0 Å². The highest BCUT2D eigenvalue weighted by atomic mass is 16.5. The van der Waals surface area contributed by atoms with E-state index in [1.54, 1.807) is 6.92 Å². The Hall–Kier alpha value is -2.82. The number of aromatic carboxylic acids is 1. The molecule has 2 atom stereocenters. The van der Waals surface area contributed by atoms with Crippen LogP contribution in [0.25, 0.3) is 0 Å². The molecule has 118 valence electrons. The van der Waals surface area contributed by atoms with Gasteiger partial charge in [0, 0.05) is 0 Å². The van der Waals surface area contributed by atoms with Gasteiger partial charge < -0.3 is 14.6 Å². The van der Waals surface area contributed by atoms with Crippen molar-refractivity contribution in [2.24, 2.45) is 5.92 Å². The molecule has 0 fully saturated rings. The van der Waals surface area contributed by atoms with Crippen LogP contribution in [0, 0.1) is 5.92 Å². The fraction of sp³-hybridized carbons (Fsp3) is 0.222. The summed E-state index contributed by atoms with van der Waals surface area (Å²) in [5, 5.41) is 9.42. The molecule has 0 radical (unpaired) electrons. The van der Waals surface area contributed by atoms with Crippen molar-refractivity contribution in [2.75, 3.05) is 7.11 Å². The molecule has 1 heterocycles. The number of ketones is 1. The van der Waals surface area contributed by atoms with Gasteiger partial charge in [0.15, 0.2) is 5.78 Å². The van der Waals surface area contributed by atoms with E-state index in [4.69, 9.17) is 9.47 Å². The average molecular weight is 312 g/mol. The Morgan fingerprint density at radius 1 is 1.22 bits per heavy atom. The highest BCUT2D eigenvalue weighted by Gasteiger charge is 2.37. The van der Waals surface area contributed by atoms with Gasteiger partial charge in [0.05, 0.1) is 18.6 Å². The molecule has 0 aliphatic carbocycles. The largest absolute Gasteiger partial charge is 0.497 e. The van der Waals surface area contributed by atoms with E-state index < -0.39 is 18.0 Å². The van der Waals surface area contributed by atoms with Crippen molar-refractivity contribution >= 4 is 11.8 Å². The zero-order valence-electron chi connectivity index (χ0n) is 12.8. The molecule has 0 aromatic heterocycles. The van der Waals surface area contributed by atoms with Crippen LogP contribution in [0.15, 0.2) is 42.5 Å². The standard InChI is InChI=1S/C18H16O5/c1-10-15(19)13-8-12(22-2)9-14(18(20)21)17(13)23-16(10)11-6-4-3-5-7-11/h3-10,16H,1-2H3,(H,20,21)/t10-,16+/m0/s1. The molecular weight excluding hydrogens is 296 g/mol. The third kappa shape index (κ3) is 2.54. The van der Waals surface area contributed by atoms with Crippen molar-refractivity contribution in [3.63, 3.8) is 0 Å². The van der Waals surface area contributed by atoms with Gasteiger partial charge in [-0.2, -0.15) is 0 Å². The molecule has 1 aliphatic heterocycles. The number of carbonyl (C=O) groups is 2. The molecule has 0 unspecified atom stereocenters. The van der Waals surface area contributed by atoms with Crippen LogP contribution >= 0.6 is 0 Å². The zero-order chi connectivity index (χ0) is 16.6. The summed E-state index contributed by atoms with van der Waals surface area (Å²) in [6.45, 7) is 1.78. The van der Waals surface area contributed by atoms with E-state index in [-0.39, 0.29) is 22.7 Å². The molecule has 2 aromatic carbocycles. The Balaban J connectivity index is 2.15. The average Bonchev–Trinajstić information content (AvgIpc) is 2.57. The first-order valence-electron chi connectivity index (χ1n) is 7.24. The molecule has 23 heavy (non-hydrogen) atoms. The molecule has 0 saturated carbocycles. The maximum absolute atomic E-state index is 12.7. The summed E-state index contributed by atoms with van der Waals surface area (Å²) in [6, 6.07) is 12.2. The van der Waals surface area contributed by atoms with E-state index >= 15 is 0 Å². The minimum absolute atomic E-state index is 0.0690. The zero-order valence-corrected chi connectivity index (χ0v) is 12.8. The second kappa shape index (κ2) is 5.76. The first-order valence-corrected chi connectivity index (χ1v) is 7.24. The van der Waals surface area contributed by atoms with Crippen molar-refractivity contribution < 1.29 is 24.2 Å². The van der Waals surface area contributed by atoms with E-state index in [1.165, 1.54) is 19.2 Å². The number of fused-ring (bicyclic) bond motifs is 1. The SMILES string of the molecule is COc1cc(C(=O)O)c2c(c1)C(=O)[C@H](C)[C@H](c1ccccc1)O2. The van der Waals surface area contributed by atoms with Gasteiger partial charge in [0.1, 0.15) is 23.2 Å². The summed E-state index contributed by atoms with van der Waals surface area (Å²) in [5.41, 5.74) is 1.02. The second-order valence-electron chi connectivity index (χ2n) is 5.46. The van der Waals surface area contributed by atoms with E-state index in [1.807, 2.05) is 30.3 Å². The lowest BCUT2D eigenvalue weighted by Crippen LogP contribution is -2.30. The highest BCUT2D eigenvalue weighted by molar-refractivity contribution is 6.05. The Bertz CT molecular complexity index is 766. The van der Waals surface area contributed by atoms with Crippen molar-refractivity contribution in [1.29, 1.82) is 0 Å². The molecular formula is C18H16O5. The number of benzene rings is 2. The van der Waals surface area contributed by atoms with Crippen LogP contribution in [0.5, 0.6) is 11.5 Å². The van der Waals surface area contributed by atoms with Crippen molar-refractivity contribution in [3.8, 4) is 11.5 Å². The lowest BCUT2D eigenvalue weighted by atomic mass is 9.86. The summed E-state index contributed by atoms with van der Waals surface area (Å²) in [7, 11) is 1.43. The van der Waals surface area contributed by atoms with Crippen LogP contribution in [0.4, 0.5) is 0 Å². The predicted molar refractivity (Wildman–Crippen MR) is 83.3 cm³/mol. The van der Waals surface area contributed by atoms with Gasteiger partial charge in [-0.15, -0.1) is 0 Å². The van der Waals surface area contributed by atoms with E-state index in [0.717, 1.165) is 5.56 Å². The molecule has 0 spiro atoms. The summed E-state index contributed by atoms with van der Waals surface area (Å²) in [5.74, 6) is -1.30. The second-order valence-corrected chi connectivity index (χ2v) is 5.46. The Labute approximate surface area is 133 Å². The number of hydrogen-bond donors (Lipinski definition) is 1. The molecule has 1 N–H and O–H groups in total. The third-order valence-electron chi connectivity index (χ3n) is 4.03. The molecule has 1 aliphatic rings. The van der Waals surface area contributed by atoms with Gasteiger partial charge >= 0.3 is 5.97 Å². The van der Waals surface area contributed by atoms with Gasteiger partial charge in [-0.25, -0.2) is 4.79 Å². The number of carboxylic acid groups (broad SMARTS) is 1. The Morgan fingerprint density at radius 3 is 2.52 bits per heavy atom. The minimum Gasteiger partial charge on any atom is -0.497 e. The number of methoxy groups -OCH3 is 1. The molecule has 0 bridgehead atoms. The molecule has 0 saturated heterocycles. The topological polar surface area (TPSA) is 72.8 Å². The molecule has 5 nitrogen and oxygen atoms in total.